The van der Waals surface area contributed by atoms with Gasteiger partial charge in [-0.2, -0.15) is 0 Å². The third-order valence-corrected chi connectivity index (χ3v) is 3.56. The molecule has 1 aliphatic rings. The van der Waals surface area contributed by atoms with E-state index in [0.717, 1.165) is 19.3 Å². The minimum absolute atomic E-state index is 0.0561. The third kappa shape index (κ3) is 3.96. The van der Waals surface area contributed by atoms with Gasteiger partial charge in [0.25, 0.3) is 0 Å². The van der Waals surface area contributed by atoms with Gasteiger partial charge in [0, 0.05) is 6.54 Å². The van der Waals surface area contributed by atoms with E-state index in [1.54, 1.807) is 0 Å². The van der Waals surface area contributed by atoms with Crippen molar-refractivity contribution < 1.29 is 9.59 Å². The van der Waals surface area contributed by atoms with E-state index in [1.807, 2.05) is 0 Å². The summed E-state index contributed by atoms with van der Waals surface area (Å²) in [6.07, 6.45) is 4.48. The van der Waals surface area contributed by atoms with Gasteiger partial charge in [0.05, 0.1) is 11.5 Å². The Morgan fingerprint density at radius 1 is 1.29 bits per heavy atom. The van der Waals surface area contributed by atoms with Crippen molar-refractivity contribution in [3.63, 3.8) is 0 Å². The Bertz CT molecular complexity index is 321. The average Bonchev–Trinajstić information content (AvgIpc) is 2.24. The molecule has 0 unspecified atom stereocenters. The molecule has 0 atom stereocenters. The molecule has 5 nitrogen and oxygen atoms in total. The number of nitrogens with two attached hydrogens (primary N) is 1. The zero-order chi connectivity index (χ0) is 12.9. The van der Waals surface area contributed by atoms with Crippen molar-refractivity contribution >= 4 is 29.0 Å². The molecule has 0 aliphatic heterocycles. The van der Waals surface area contributed by atoms with Gasteiger partial charge in [0.15, 0.2) is 0 Å². The Labute approximate surface area is 107 Å². The van der Waals surface area contributed by atoms with Crippen LogP contribution in [0.25, 0.3) is 0 Å². The summed E-state index contributed by atoms with van der Waals surface area (Å²) in [5, 5.41) is 5.02. The highest BCUT2D eigenvalue weighted by molar-refractivity contribution is 7.80. The smallest absolute Gasteiger partial charge is 0.309 e. The van der Waals surface area contributed by atoms with E-state index >= 15 is 0 Å². The van der Waals surface area contributed by atoms with E-state index in [2.05, 4.69) is 29.8 Å². The van der Waals surface area contributed by atoms with Crippen LogP contribution in [0.4, 0.5) is 0 Å². The highest BCUT2D eigenvalue weighted by atomic mass is 32.1. The Hall–Kier alpha value is -1.17. The molecule has 2 amide bonds. The first-order valence-electron chi connectivity index (χ1n) is 5.83. The highest BCUT2D eigenvalue weighted by Crippen LogP contribution is 2.42. The zero-order valence-corrected chi connectivity index (χ0v) is 10.9. The summed E-state index contributed by atoms with van der Waals surface area (Å²) in [6.45, 7) is 2.74. The van der Waals surface area contributed by atoms with E-state index in [9.17, 15) is 9.59 Å². The van der Waals surface area contributed by atoms with Crippen molar-refractivity contribution in [2.45, 2.75) is 32.6 Å². The van der Waals surface area contributed by atoms with Gasteiger partial charge in [-0.05, 0) is 24.7 Å². The Morgan fingerprint density at radius 3 is 2.29 bits per heavy atom. The first kappa shape index (κ1) is 13.9. The van der Waals surface area contributed by atoms with E-state index in [-0.39, 0.29) is 16.9 Å². The molecule has 0 aromatic rings. The van der Waals surface area contributed by atoms with Crippen molar-refractivity contribution in [3.8, 4) is 0 Å². The Kier molecular flexibility index (Phi) is 4.86. The molecule has 0 bridgehead atoms. The number of hydrogen-bond acceptors (Lipinski definition) is 3. The third-order valence-electron chi connectivity index (χ3n) is 3.42. The SMILES string of the molecule is CCC1(CNC(=O)C(=O)NCC(N)=S)CCC1. The highest BCUT2D eigenvalue weighted by Gasteiger charge is 2.35. The number of thiocarbonyl (C=S) groups is 1. The lowest BCUT2D eigenvalue weighted by molar-refractivity contribution is -0.139. The molecule has 6 heteroatoms. The molecule has 4 N–H and O–H groups in total. The van der Waals surface area contributed by atoms with Gasteiger partial charge in [0.2, 0.25) is 0 Å². The second-order valence-corrected chi connectivity index (χ2v) is 5.06. The fourth-order valence-electron chi connectivity index (χ4n) is 1.93. The lowest BCUT2D eigenvalue weighted by atomic mass is 9.67. The van der Waals surface area contributed by atoms with E-state index in [4.69, 9.17) is 5.73 Å². The van der Waals surface area contributed by atoms with Crippen LogP contribution in [0.5, 0.6) is 0 Å². The minimum atomic E-state index is -0.677. The lowest BCUT2D eigenvalue weighted by Crippen LogP contribution is -2.47. The largest absolute Gasteiger partial charge is 0.392 e. The second kappa shape index (κ2) is 5.95. The van der Waals surface area contributed by atoms with Gasteiger partial charge in [-0.15, -0.1) is 0 Å². The molecule has 1 rings (SSSR count). The summed E-state index contributed by atoms with van der Waals surface area (Å²) < 4.78 is 0. The molecular formula is C11H19N3O2S. The predicted molar refractivity (Wildman–Crippen MR) is 69.4 cm³/mol. The van der Waals surface area contributed by atoms with Crippen LogP contribution in [0.15, 0.2) is 0 Å². The van der Waals surface area contributed by atoms with Crippen LogP contribution in [0.2, 0.25) is 0 Å². The van der Waals surface area contributed by atoms with Gasteiger partial charge in [-0.3, -0.25) is 9.59 Å². The summed E-state index contributed by atoms with van der Waals surface area (Å²) >= 11 is 4.60. The van der Waals surface area contributed by atoms with E-state index < -0.39 is 11.8 Å². The fourth-order valence-corrected chi connectivity index (χ4v) is 2.00. The Balaban J connectivity index is 2.29. The molecule has 1 aliphatic carbocycles. The number of rotatable bonds is 5. The molecule has 0 heterocycles. The first-order chi connectivity index (χ1) is 7.99. The van der Waals surface area contributed by atoms with Gasteiger partial charge < -0.3 is 16.4 Å². The number of hydrogen-bond donors (Lipinski definition) is 3. The molecule has 1 saturated carbocycles. The average molecular weight is 257 g/mol. The quantitative estimate of drug-likeness (QED) is 0.481. The maximum absolute atomic E-state index is 11.5. The predicted octanol–water partition coefficient (Wildman–Crippen LogP) is 0.0852. The molecule has 1 fully saturated rings. The second-order valence-electron chi connectivity index (χ2n) is 4.54. The summed E-state index contributed by atoms with van der Waals surface area (Å²) in [7, 11) is 0. The summed E-state index contributed by atoms with van der Waals surface area (Å²) in [4.78, 5) is 22.9. The van der Waals surface area contributed by atoms with Crippen LogP contribution < -0.4 is 16.4 Å². The molecule has 17 heavy (non-hydrogen) atoms. The van der Waals surface area contributed by atoms with Crippen LogP contribution in [0, 0.1) is 5.41 Å². The molecule has 0 saturated heterocycles. The molecule has 0 aromatic heterocycles. The number of amides is 2. The van der Waals surface area contributed by atoms with Crippen molar-refractivity contribution in [2.75, 3.05) is 13.1 Å². The van der Waals surface area contributed by atoms with E-state index in [0.29, 0.717) is 6.54 Å². The molecule has 96 valence electrons. The zero-order valence-electron chi connectivity index (χ0n) is 10.0. The van der Waals surface area contributed by atoms with Crippen molar-refractivity contribution in [1.29, 1.82) is 0 Å². The lowest BCUT2D eigenvalue weighted by Gasteiger charge is -2.41. The van der Waals surface area contributed by atoms with Crippen molar-refractivity contribution in [2.24, 2.45) is 11.1 Å². The van der Waals surface area contributed by atoms with Crippen LogP contribution in [-0.4, -0.2) is 29.9 Å². The monoisotopic (exact) mass is 257 g/mol. The van der Waals surface area contributed by atoms with E-state index in [1.165, 1.54) is 6.42 Å². The standard InChI is InChI=1S/C11H19N3O2S/c1-2-11(4-3-5-11)7-14-10(16)9(15)13-6-8(12)17/h2-7H2,1H3,(H2,12,17)(H,13,15)(H,14,16). The Morgan fingerprint density at radius 2 is 1.88 bits per heavy atom. The van der Waals surface area contributed by atoms with Gasteiger partial charge in [-0.25, -0.2) is 0 Å². The molecular weight excluding hydrogens is 238 g/mol. The maximum atomic E-state index is 11.5. The van der Waals surface area contributed by atoms with Crippen LogP contribution in [-0.2, 0) is 9.59 Å². The fraction of sp³-hybridized carbons (Fsp3) is 0.727. The van der Waals surface area contributed by atoms with Crippen LogP contribution in [0.3, 0.4) is 0 Å². The summed E-state index contributed by atoms with van der Waals surface area (Å²) in [5.74, 6) is -1.29. The minimum Gasteiger partial charge on any atom is -0.392 e. The van der Waals surface area contributed by atoms with Gasteiger partial charge >= 0.3 is 11.8 Å². The number of nitrogens with one attached hydrogen (secondary N) is 2. The number of carbonyl (C=O) groups excluding carboxylic acids is 2. The van der Waals surface area contributed by atoms with Crippen molar-refractivity contribution in [3.05, 3.63) is 0 Å². The molecule has 0 radical (unpaired) electrons. The van der Waals surface area contributed by atoms with Gasteiger partial charge in [-0.1, -0.05) is 25.6 Å². The number of carbonyl (C=O) groups is 2. The van der Waals surface area contributed by atoms with Crippen LogP contribution in [0.1, 0.15) is 32.6 Å². The van der Waals surface area contributed by atoms with Gasteiger partial charge in [0.1, 0.15) is 0 Å². The summed E-state index contributed by atoms with van der Waals surface area (Å²) in [5.41, 5.74) is 5.43. The first-order valence-corrected chi connectivity index (χ1v) is 6.24. The van der Waals surface area contributed by atoms with Crippen molar-refractivity contribution in [1.82, 2.24) is 10.6 Å². The molecule has 0 aromatic carbocycles. The molecule has 0 spiro atoms. The van der Waals surface area contributed by atoms with Crippen LogP contribution >= 0.6 is 12.2 Å². The summed E-state index contributed by atoms with van der Waals surface area (Å²) in [6, 6.07) is 0. The maximum Gasteiger partial charge on any atom is 0.309 e. The normalized spacial score (nSPS) is 16.8. The topological polar surface area (TPSA) is 84.2 Å².